The highest BCUT2D eigenvalue weighted by molar-refractivity contribution is 6.31. The van der Waals surface area contributed by atoms with Gasteiger partial charge in [0.15, 0.2) is 0 Å². The fourth-order valence-electron chi connectivity index (χ4n) is 4.01. The molecule has 2 aromatic carbocycles. The molecule has 5 heteroatoms. The van der Waals surface area contributed by atoms with E-state index in [1.165, 1.54) is 0 Å². The molecule has 1 aromatic heterocycles. The number of amides is 1. The summed E-state index contributed by atoms with van der Waals surface area (Å²) in [6.07, 6.45) is 1.78. The van der Waals surface area contributed by atoms with Crippen molar-refractivity contribution in [3.8, 4) is 0 Å². The predicted molar refractivity (Wildman–Crippen MR) is 108 cm³/mol. The van der Waals surface area contributed by atoms with Crippen LogP contribution in [0.1, 0.15) is 34.5 Å². The van der Waals surface area contributed by atoms with Crippen molar-refractivity contribution in [1.29, 1.82) is 0 Å². The zero-order valence-electron chi connectivity index (χ0n) is 15.3. The van der Waals surface area contributed by atoms with Crippen molar-refractivity contribution in [3.63, 3.8) is 0 Å². The number of rotatable bonds is 3. The van der Waals surface area contributed by atoms with Gasteiger partial charge in [0.1, 0.15) is 0 Å². The van der Waals surface area contributed by atoms with E-state index in [0.717, 1.165) is 22.2 Å². The van der Waals surface area contributed by atoms with Gasteiger partial charge in [-0.1, -0.05) is 41.9 Å². The number of aliphatic hydroxyl groups is 1. The molecule has 140 valence electrons. The van der Waals surface area contributed by atoms with Gasteiger partial charge in [0, 0.05) is 41.1 Å². The number of nitrogens with one attached hydrogen (secondary N) is 1. The van der Waals surface area contributed by atoms with Gasteiger partial charge in [-0.15, -0.1) is 0 Å². The second kappa shape index (κ2) is 7.02. The number of halogens is 1. The standard InChI is InChI=1S/C22H23ClN2O2/c1-15-20(18-13-17(23)7-8-19(18)24-15)21(26)25-11-9-22(27,10-12-25)14-16-5-3-2-4-6-16/h2-8,13,24,27H,9-12,14H2,1H3. The quantitative estimate of drug-likeness (QED) is 0.708. The Morgan fingerprint density at radius 1 is 1.19 bits per heavy atom. The van der Waals surface area contributed by atoms with Crippen LogP contribution in [0.2, 0.25) is 5.02 Å². The summed E-state index contributed by atoms with van der Waals surface area (Å²) in [6, 6.07) is 15.6. The summed E-state index contributed by atoms with van der Waals surface area (Å²) in [5.74, 6) is 0.00257. The number of carbonyl (C=O) groups excluding carboxylic acids is 1. The molecule has 27 heavy (non-hydrogen) atoms. The van der Waals surface area contributed by atoms with Crippen LogP contribution in [0.15, 0.2) is 48.5 Å². The smallest absolute Gasteiger partial charge is 0.256 e. The Kier molecular flexibility index (Phi) is 4.70. The summed E-state index contributed by atoms with van der Waals surface area (Å²) >= 11 is 6.13. The summed E-state index contributed by atoms with van der Waals surface area (Å²) in [4.78, 5) is 18.3. The van der Waals surface area contributed by atoms with Crippen molar-refractivity contribution in [1.82, 2.24) is 9.88 Å². The Morgan fingerprint density at radius 3 is 2.59 bits per heavy atom. The molecule has 1 aliphatic heterocycles. The maximum absolute atomic E-state index is 13.2. The highest BCUT2D eigenvalue weighted by Crippen LogP contribution is 2.30. The molecule has 0 atom stereocenters. The van der Waals surface area contributed by atoms with Crippen LogP contribution in [0.3, 0.4) is 0 Å². The Hall–Kier alpha value is -2.30. The van der Waals surface area contributed by atoms with Gasteiger partial charge in [-0.25, -0.2) is 0 Å². The number of aromatic amines is 1. The van der Waals surface area contributed by atoms with E-state index < -0.39 is 5.60 Å². The van der Waals surface area contributed by atoms with Gasteiger partial charge < -0.3 is 15.0 Å². The summed E-state index contributed by atoms with van der Waals surface area (Å²) in [6.45, 7) is 3.01. The van der Waals surface area contributed by atoms with E-state index in [9.17, 15) is 9.90 Å². The number of carbonyl (C=O) groups is 1. The number of aryl methyl sites for hydroxylation is 1. The van der Waals surface area contributed by atoms with Crippen LogP contribution in [0.25, 0.3) is 10.9 Å². The minimum absolute atomic E-state index is 0.00257. The van der Waals surface area contributed by atoms with Crippen molar-refractivity contribution in [2.45, 2.75) is 31.8 Å². The topological polar surface area (TPSA) is 56.3 Å². The van der Waals surface area contributed by atoms with Crippen molar-refractivity contribution in [2.24, 2.45) is 0 Å². The number of likely N-dealkylation sites (tertiary alicyclic amines) is 1. The monoisotopic (exact) mass is 382 g/mol. The summed E-state index contributed by atoms with van der Waals surface area (Å²) in [5.41, 5.74) is 2.82. The van der Waals surface area contributed by atoms with Crippen LogP contribution in [0.5, 0.6) is 0 Å². The Balaban J connectivity index is 1.51. The zero-order valence-corrected chi connectivity index (χ0v) is 16.1. The Labute approximate surface area is 163 Å². The first-order valence-corrected chi connectivity index (χ1v) is 9.66. The second-order valence-electron chi connectivity index (χ2n) is 7.49. The molecule has 1 saturated heterocycles. The number of fused-ring (bicyclic) bond motifs is 1. The molecule has 4 rings (SSSR count). The Bertz CT molecular complexity index is 973. The minimum Gasteiger partial charge on any atom is -0.389 e. The fourth-order valence-corrected chi connectivity index (χ4v) is 4.18. The fraction of sp³-hybridized carbons (Fsp3) is 0.318. The number of aromatic nitrogens is 1. The van der Waals surface area contributed by atoms with Crippen molar-refractivity contribution in [3.05, 3.63) is 70.4 Å². The lowest BCUT2D eigenvalue weighted by atomic mass is 9.85. The van der Waals surface area contributed by atoms with Crippen LogP contribution in [-0.2, 0) is 6.42 Å². The minimum atomic E-state index is -0.753. The number of piperidine rings is 1. The van der Waals surface area contributed by atoms with Gasteiger partial charge in [-0.3, -0.25) is 4.79 Å². The molecule has 0 spiro atoms. The van der Waals surface area contributed by atoms with Crippen molar-refractivity contribution in [2.75, 3.05) is 13.1 Å². The molecule has 0 aliphatic carbocycles. The third-order valence-electron chi connectivity index (χ3n) is 5.52. The molecule has 3 aromatic rings. The van der Waals surface area contributed by atoms with E-state index in [0.29, 0.717) is 42.9 Å². The first-order chi connectivity index (χ1) is 13.0. The lowest BCUT2D eigenvalue weighted by Gasteiger charge is -2.38. The molecule has 2 heterocycles. The number of hydrogen-bond donors (Lipinski definition) is 2. The summed E-state index contributed by atoms with van der Waals surface area (Å²) < 4.78 is 0. The molecule has 4 nitrogen and oxygen atoms in total. The van der Waals surface area contributed by atoms with Crippen LogP contribution in [0, 0.1) is 6.92 Å². The molecular weight excluding hydrogens is 360 g/mol. The van der Waals surface area contributed by atoms with Gasteiger partial charge in [-0.05, 0) is 43.5 Å². The maximum atomic E-state index is 13.2. The highest BCUT2D eigenvalue weighted by Gasteiger charge is 2.35. The Morgan fingerprint density at radius 2 is 1.89 bits per heavy atom. The van der Waals surface area contributed by atoms with Gasteiger partial charge in [0.2, 0.25) is 0 Å². The lowest BCUT2D eigenvalue weighted by Crippen LogP contribution is -2.47. The second-order valence-corrected chi connectivity index (χ2v) is 7.93. The van der Waals surface area contributed by atoms with Crippen LogP contribution in [0.4, 0.5) is 0 Å². The largest absolute Gasteiger partial charge is 0.389 e. The molecular formula is C22H23ClN2O2. The van der Waals surface area contributed by atoms with E-state index in [4.69, 9.17) is 11.6 Å². The molecule has 1 amide bonds. The third-order valence-corrected chi connectivity index (χ3v) is 5.75. The van der Waals surface area contributed by atoms with E-state index in [1.807, 2.05) is 60.4 Å². The van der Waals surface area contributed by atoms with Crippen molar-refractivity contribution >= 4 is 28.4 Å². The summed E-state index contributed by atoms with van der Waals surface area (Å²) in [7, 11) is 0. The zero-order chi connectivity index (χ0) is 19.0. The first kappa shape index (κ1) is 18.1. The predicted octanol–water partition coefficient (Wildman–Crippen LogP) is 4.34. The van der Waals surface area contributed by atoms with E-state index in [2.05, 4.69) is 4.98 Å². The number of hydrogen-bond acceptors (Lipinski definition) is 2. The van der Waals surface area contributed by atoms with Crippen LogP contribution in [-0.4, -0.2) is 39.6 Å². The average molecular weight is 383 g/mol. The molecule has 1 aliphatic rings. The van der Waals surface area contributed by atoms with E-state index in [1.54, 1.807) is 0 Å². The van der Waals surface area contributed by atoms with Crippen LogP contribution >= 0.6 is 11.6 Å². The molecule has 2 N–H and O–H groups in total. The normalized spacial score (nSPS) is 16.6. The van der Waals surface area contributed by atoms with Crippen LogP contribution < -0.4 is 0 Å². The van der Waals surface area contributed by atoms with Gasteiger partial charge in [0.05, 0.1) is 11.2 Å². The lowest BCUT2D eigenvalue weighted by molar-refractivity contribution is -0.0162. The van der Waals surface area contributed by atoms with Gasteiger partial charge >= 0.3 is 0 Å². The molecule has 1 fully saturated rings. The molecule has 0 bridgehead atoms. The van der Waals surface area contributed by atoms with E-state index in [-0.39, 0.29) is 5.91 Å². The number of nitrogens with zero attached hydrogens (tertiary/aromatic N) is 1. The highest BCUT2D eigenvalue weighted by atomic mass is 35.5. The first-order valence-electron chi connectivity index (χ1n) is 9.29. The molecule has 0 unspecified atom stereocenters. The van der Waals surface area contributed by atoms with Gasteiger partial charge in [-0.2, -0.15) is 0 Å². The number of benzene rings is 2. The SMILES string of the molecule is Cc1[nH]c2ccc(Cl)cc2c1C(=O)N1CCC(O)(Cc2ccccc2)CC1. The molecule has 0 saturated carbocycles. The van der Waals surface area contributed by atoms with Crippen molar-refractivity contribution < 1.29 is 9.90 Å². The maximum Gasteiger partial charge on any atom is 0.256 e. The number of H-pyrrole nitrogens is 1. The molecule has 0 radical (unpaired) electrons. The summed E-state index contributed by atoms with van der Waals surface area (Å²) in [5, 5.41) is 12.4. The van der Waals surface area contributed by atoms with Gasteiger partial charge in [0.25, 0.3) is 5.91 Å². The average Bonchev–Trinajstić information content (AvgIpc) is 2.97. The van der Waals surface area contributed by atoms with E-state index >= 15 is 0 Å². The third kappa shape index (κ3) is 3.60.